The minimum absolute atomic E-state index is 0.284. The van der Waals surface area contributed by atoms with E-state index in [4.69, 9.17) is 11.6 Å². The summed E-state index contributed by atoms with van der Waals surface area (Å²) in [5, 5.41) is 3.63. The Morgan fingerprint density at radius 3 is 2.63 bits per heavy atom. The van der Waals surface area contributed by atoms with E-state index in [0.29, 0.717) is 17.3 Å². The zero-order valence-electron chi connectivity index (χ0n) is 11.4. The van der Waals surface area contributed by atoms with Crippen molar-refractivity contribution in [2.45, 2.75) is 33.9 Å². The lowest BCUT2D eigenvalue weighted by molar-refractivity contribution is 0.630. The molecule has 0 atom stereocenters. The molecule has 0 unspecified atom stereocenters. The minimum atomic E-state index is -0.284. The van der Waals surface area contributed by atoms with Crippen LogP contribution in [0.5, 0.6) is 0 Å². The van der Waals surface area contributed by atoms with Crippen LogP contribution in [0, 0.1) is 19.7 Å². The second-order valence-corrected chi connectivity index (χ2v) is 5.05. The zero-order valence-corrected chi connectivity index (χ0v) is 12.2. The van der Waals surface area contributed by atoms with Gasteiger partial charge in [0.1, 0.15) is 5.82 Å². The molecule has 0 radical (unpaired) electrons. The zero-order chi connectivity index (χ0) is 14.0. The molecular formula is C15H18ClFN2. The summed E-state index contributed by atoms with van der Waals surface area (Å²) >= 11 is 5.87. The molecule has 0 fully saturated rings. The first-order valence-electron chi connectivity index (χ1n) is 6.37. The molecule has 0 spiro atoms. The Morgan fingerprint density at radius 2 is 2.00 bits per heavy atom. The number of hydrogen-bond donors (Lipinski definition) is 1. The molecule has 0 amide bonds. The van der Waals surface area contributed by atoms with E-state index in [1.165, 1.54) is 23.0 Å². The topological polar surface area (TPSA) is 17.0 Å². The summed E-state index contributed by atoms with van der Waals surface area (Å²) in [6.45, 7) is 7.83. The summed E-state index contributed by atoms with van der Waals surface area (Å²) in [6.07, 6.45) is 0. The van der Waals surface area contributed by atoms with E-state index in [1.54, 1.807) is 12.1 Å². The highest BCUT2D eigenvalue weighted by molar-refractivity contribution is 6.30. The molecule has 0 saturated heterocycles. The highest BCUT2D eigenvalue weighted by Gasteiger charge is 2.08. The van der Waals surface area contributed by atoms with Gasteiger partial charge in [-0.3, -0.25) is 0 Å². The Hall–Kier alpha value is -1.48. The molecule has 0 aliphatic carbocycles. The van der Waals surface area contributed by atoms with Crippen LogP contribution in [0.15, 0.2) is 24.3 Å². The van der Waals surface area contributed by atoms with E-state index in [-0.39, 0.29) is 5.82 Å². The number of halogens is 2. The molecule has 1 aromatic carbocycles. The van der Waals surface area contributed by atoms with Crippen LogP contribution < -0.4 is 5.32 Å². The summed E-state index contributed by atoms with van der Waals surface area (Å²) in [5.74, 6) is -0.284. The van der Waals surface area contributed by atoms with Gasteiger partial charge in [0.2, 0.25) is 0 Å². The second kappa shape index (κ2) is 5.66. The number of anilines is 1. The van der Waals surface area contributed by atoms with E-state index < -0.39 is 0 Å². The van der Waals surface area contributed by atoms with Crippen LogP contribution in [0.1, 0.15) is 23.9 Å². The third-order valence-corrected chi connectivity index (χ3v) is 3.63. The van der Waals surface area contributed by atoms with Gasteiger partial charge in [0.15, 0.2) is 0 Å². The average Bonchev–Trinajstić information content (AvgIpc) is 2.65. The Kier molecular flexibility index (Phi) is 4.15. The maximum Gasteiger partial charge on any atom is 0.146 e. The second-order valence-electron chi connectivity index (χ2n) is 4.62. The van der Waals surface area contributed by atoms with Crippen LogP contribution in [-0.2, 0) is 13.1 Å². The largest absolute Gasteiger partial charge is 0.378 e. The minimum Gasteiger partial charge on any atom is -0.378 e. The van der Waals surface area contributed by atoms with Crippen molar-refractivity contribution in [1.82, 2.24) is 4.57 Å². The van der Waals surface area contributed by atoms with E-state index in [1.807, 2.05) is 0 Å². The number of hydrogen-bond acceptors (Lipinski definition) is 1. The first kappa shape index (κ1) is 13.9. The van der Waals surface area contributed by atoms with E-state index in [9.17, 15) is 4.39 Å². The molecule has 1 aromatic heterocycles. The van der Waals surface area contributed by atoms with Gasteiger partial charge in [0, 0.05) is 29.5 Å². The van der Waals surface area contributed by atoms with Gasteiger partial charge in [-0.2, -0.15) is 0 Å². The third kappa shape index (κ3) is 2.92. The van der Waals surface area contributed by atoms with Crippen molar-refractivity contribution in [3.8, 4) is 0 Å². The number of rotatable bonds is 4. The first-order valence-corrected chi connectivity index (χ1v) is 6.75. The lowest BCUT2D eigenvalue weighted by Crippen LogP contribution is -2.04. The molecule has 2 aromatic rings. The fourth-order valence-electron chi connectivity index (χ4n) is 2.36. The Labute approximate surface area is 118 Å². The van der Waals surface area contributed by atoms with Crippen LogP contribution in [0.4, 0.5) is 10.1 Å². The third-order valence-electron chi connectivity index (χ3n) is 3.39. The molecule has 0 aliphatic rings. The average molecular weight is 281 g/mol. The Balaban J connectivity index is 2.17. The van der Waals surface area contributed by atoms with Gasteiger partial charge in [-0.15, -0.1) is 0 Å². The van der Waals surface area contributed by atoms with Gasteiger partial charge >= 0.3 is 0 Å². The van der Waals surface area contributed by atoms with Gasteiger partial charge in [0.25, 0.3) is 0 Å². The van der Waals surface area contributed by atoms with Crippen molar-refractivity contribution < 1.29 is 4.39 Å². The van der Waals surface area contributed by atoms with Crippen molar-refractivity contribution in [3.05, 3.63) is 52.1 Å². The van der Waals surface area contributed by atoms with Crippen molar-refractivity contribution >= 4 is 17.3 Å². The van der Waals surface area contributed by atoms with Crippen LogP contribution in [0.25, 0.3) is 0 Å². The number of aromatic nitrogens is 1. The maximum atomic E-state index is 13.6. The van der Waals surface area contributed by atoms with Gasteiger partial charge in [-0.25, -0.2) is 4.39 Å². The van der Waals surface area contributed by atoms with Gasteiger partial charge < -0.3 is 9.88 Å². The van der Waals surface area contributed by atoms with Crippen molar-refractivity contribution in [3.63, 3.8) is 0 Å². The van der Waals surface area contributed by atoms with Crippen LogP contribution in [-0.4, -0.2) is 4.57 Å². The number of nitrogens with zero attached hydrogens (tertiary/aromatic N) is 1. The fourth-order valence-corrected chi connectivity index (χ4v) is 2.53. The number of nitrogens with one attached hydrogen (secondary N) is 1. The molecule has 1 N–H and O–H groups in total. The summed E-state index contributed by atoms with van der Waals surface area (Å²) in [5.41, 5.74) is 4.06. The van der Waals surface area contributed by atoms with Crippen LogP contribution >= 0.6 is 11.6 Å². The van der Waals surface area contributed by atoms with Gasteiger partial charge in [-0.1, -0.05) is 11.6 Å². The Morgan fingerprint density at radius 1 is 1.26 bits per heavy atom. The van der Waals surface area contributed by atoms with Crippen molar-refractivity contribution in [1.29, 1.82) is 0 Å². The van der Waals surface area contributed by atoms with E-state index in [0.717, 1.165) is 6.54 Å². The first-order chi connectivity index (χ1) is 9.02. The normalized spacial score (nSPS) is 10.8. The number of aryl methyl sites for hydroxylation is 1. The van der Waals surface area contributed by atoms with E-state index >= 15 is 0 Å². The lowest BCUT2D eigenvalue weighted by Gasteiger charge is -2.09. The van der Waals surface area contributed by atoms with Crippen LogP contribution in [0.3, 0.4) is 0 Å². The molecule has 0 aliphatic heterocycles. The molecule has 0 saturated carbocycles. The molecular weight excluding hydrogens is 263 g/mol. The quantitative estimate of drug-likeness (QED) is 0.871. The van der Waals surface area contributed by atoms with Gasteiger partial charge in [0.05, 0.1) is 5.69 Å². The lowest BCUT2D eigenvalue weighted by atomic mass is 10.2. The molecule has 102 valence electrons. The molecule has 19 heavy (non-hydrogen) atoms. The van der Waals surface area contributed by atoms with E-state index in [2.05, 4.69) is 36.7 Å². The monoisotopic (exact) mass is 280 g/mol. The summed E-state index contributed by atoms with van der Waals surface area (Å²) in [7, 11) is 0. The summed E-state index contributed by atoms with van der Waals surface area (Å²) < 4.78 is 15.8. The Bertz CT molecular complexity index is 590. The maximum absolute atomic E-state index is 13.6. The van der Waals surface area contributed by atoms with Gasteiger partial charge in [-0.05, 0) is 50.6 Å². The smallest absolute Gasteiger partial charge is 0.146 e. The summed E-state index contributed by atoms with van der Waals surface area (Å²) in [4.78, 5) is 0. The molecule has 2 nitrogen and oxygen atoms in total. The number of benzene rings is 1. The molecule has 4 heteroatoms. The molecule has 2 rings (SSSR count). The van der Waals surface area contributed by atoms with Crippen LogP contribution in [0.2, 0.25) is 5.02 Å². The van der Waals surface area contributed by atoms with Crippen molar-refractivity contribution in [2.24, 2.45) is 0 Å². The SMILES string of the molecule is CCn1c(C)cc(CNc2cc(Cl)ccc2F)c1C. The predicted molar refractivity (Wildman–Crippen MR) is 78.3 cm³/mol. The standard InChI is InChI=1S/C15H18ClFN2/c1-4-19-10(2)7-12(11(19)3)9-18-15-8-13(16)5-6-14(15)17/h5-8,18H,4,9H2,1-3H3. The highest BCUT2D eigenvalue weighted by atomic mass is 35.5. The fraction of sp³-hybridized carbons (Fsp3) is 0.333. The predicted octanol–water partition coefficient (Wildman–Crippen LogP) is 4.53. The van der Waals surface area contributed by atoms with Crippen molar-refractivity contribution in [2.75, 3.05) is 5.32 Å². The molecule has 1 heterocycles. The summed E-state index contributed by atoms with van der Waals surface area (Å²) in [6, 6.07) is 6.66. The highest BCUT2D eigenvalue weighted by Crippen LogP contribution is 2.21. The molecule has 0 bridgehead atoms.